The van der Waals surface area contributed by atoms with E-state index in [1.54, 1.807) is 6.20 Å². The summed E-state index contributed by atoms with van der Waals surface area (Å²) < 4.78 is 3.95. The number of pyridine rings is 2. The summed E-state index contributed by atoms with van der Waals surface area (Å²) in [5.74, 6) is 1.08. The minimum absolute atomic E-state index is 0.0463. The van der Waals surface area contributed by atoms with E-state index >= 15 is 0 Å². The molecule has 0 spiro atoms. The summed E-state index contributed by atoms with van der Waals surface area (Å²) in [5, 5.41) is 7.31. The molecule has 1 aliphatic rings. The highest BCUT2D eigenvalue weighted by molar-refractivity contribution is 7.08. The standard InChI is InChI=1S/C20H22N6OS/c1-2-16-19(28-25-24-16)20(27)26-11-5-6-14(13-26)17-9-8-15(12-22-17)23-18-7-3-4-10-21-18/h3-4,7-10,12,14H,2,5-6,11,13H2,1H3,(H,21,23). The Bertz CT molecular complexity index is 927. The van der Waals surface area contributed by atoms with Gasteiger partial charge in [0.15, 0.2) is 0 Å². The molecule has 1 N–H and O–H groups in total. The third-order valence-corrected chi connectivity index (χ3v) is 5.69. The Balaban J connectivity index is 1.43. The first-order valence-electron chi connectivity index (χ1n) is 9.49. The van der Waals surface area contributed by atoms with Crippen LogP contribution < -0.4 is 5.32 Å². The normalized spacial score (nSPS) is 16.8. The van der Waals surface area contributed by atoms with Crippen molar-refractivity contribution in [3.05, 3.63) is 59.0 Å². The highest BCUT2D eigenvalue weighted by Crippen LogP contribution is 2.28. The molecule has 1 amide bonds. The number of amides is 1. The summed E-state index contributed by atoms with van der Waals surface area (Å²) >= 11 is 1.19. The fourth-order valence-corrected chi connectivity index (χ4v) is 4.17. The fraction of sp³-hybridized carbons (Fsp3) is 0.350. The van der Waals surface area contributed by atoms with Crippen LogP contribution in [0.5, 0.6) is 0 Å². The lowest BCUT2D eigenvalue weighted by Gasteiger charge is -2.32. The largest absolute Gasteiger partial charge is 0.339 e. The van der Waals surface area contributed by atoms with Crippen LogP contribution in [0, 0.1) is 0 Å². The van der Waals surface area contributed by atoms with Crippen LogP contribution in [-0.4, -0.2) is 43.5 Å². The Morgan fingerprint density at radius 3 is 2.96 bits per heavy atom. The molecule has 1 aliphatic heterocycles. The molecule has 28 heavy (non-hydrogen) atoms. The maximum Gasteiger partial charge on any atom is 0.267 e. The lowest BCUT2D eigenvalue weighted by atomic mass is 9.94. The molecular weight excluding hydrogens is 372 g/mol. The van der Waals surface area contributed by atoms with E-state index in [1.807, 2.05) is 48.4 Å². The number of likely N-dealkylation sites (tertiary alicyclic amines) is 1. The highest BCUT2D eigenvalue weighted by Gasteiger charge is 2.28. The Kier molecular flexibility index (Phi) is 5.57. The summed E-state index contributed by atoms with van der Waals surface area (Å²) in [4.78, 5) is 24.4. The van der Waals surface area contributed by atoms with Gasteiger partial charge < -0.3 is 10.2 Å². The Labute approximate surface area is 168 Å². The van der Waals surface area contributed by atoms with E-state index in [0.29, 0.717) is 11.4 Å². The summed E-state index contributed by atoms with van der Waals surface area (Å²) in [7, 11) is 0. The van der Waals surface area contributed by atoms with Crippen LogP contribution in [0.15, 0.2) is 42.7 Å². The molecule has 7 nitrogen and oxygen atoms in total. The van der Waals surface area contributed by atoms with E-state index in [1.165, 1.54) is 11.5 Å². The minimum Gasteiger partial charge on any atom is -0.339 e. The van der Waals surface area contributed by atoms with Gasteiger partial charge in [0.25, 0.3) is 5.91 Å². The number of anilines is 2. The van der Waals surface area contributed by atoms with Crippen molar-refractivity contribution in [2.75, 3.05) is 18.4 Å². The van der Waals surface area contributed by atoms with Gasteiger partial charge in [-0.25, -0.2) is 4.98 Å². The van der Waals surface area contributed by atoms with Gasteiger partial charge in [0.2, 0.25) is 0 Å². The average molecular weight is 395 g/mol. The minimum atomic E-state index is 0.0463. The molecule has 1 atom stereocenters. The van der Waals surface area contributed by atoms with Gasteiger partial charge in [-0.1, -0.05) is 17.5 Å². The molecule has 4 rings (SSSR count). The van der Waals surface area contributed by atoms with Crippen molar-refractivity contribution in [3.63, 3.8) is 0 Å². The molecule has 1 saturated heterocycles. The molecule has 0 saturated carbocycles. The summed E-state index contributed by atoms with van der Waals surface area (Å²) in [6.45, 7) is 3.45. The number of carbonyl (C=O) groups excluding carboxylic acids is 1. The quantitative estimate of drug-likeness (QED) is 0.711. The zero-order valence-electron chi connectivity index (χ0n) is 15.7. The van der Waals surface area contributed by atoms with Crippen LogP contribution in [-0.2, 0) is 6.42 Å². The fourth-order valence-electron chi connectivity index (χ4n) is 3.45. The van der Waals surface area contributed by atoms with Gasteiger partial charge in [0, 0.05) is 30.9 Å². The first kappa shape index (κ1) is 18.5. The van der Waals surface area contributed by atoms with Gasteiger partial charge >= 0.3 is 0 Å². The maximum atomic E-state index is 12.9. The number of carbonyl (C=O) groups is 1. The monoisotopic (exact) mass is 394 g/mol. The van der Waals surface area contributed by atoms with E-state index in [2.05, 4.69) is 24.9 Å². The highest BCUT2D eigenvalue weighted by atomic mass is 32.1. The number of nitrogens with one attached hydrogen (secondary N) is 1. The number of piperidine rings is 1. The SMILES string of the molecule is CCc1nnsc1C(=O)N1CCCC(c2ccc(Nc3ccccn3)cn2)C1. The summed E-state index contributed by atoms with van der Waals surface area (Å²) in [5.41, 5.74) is 2.71. The van der Waals surface area contributed by atoms with Crippen molar-refractivity contribution in [3.8, 4) is 0 Å². The van der Waals surface area contributed by atoms with Gasteiger partial charge in [0.05, 0.1) is 17.6 Å². The van der Waals surface area contributed by atoms with Gasteiger partial charge in [-0.15, -0.1) is 5.10 Å². The van der Waals surface area contributed by atoms with Crippen molar-refractivity contribution in [2.24, 2.45) is 0 Å². The Hall–Kier alpha value is -2.87. The maximum absolute atomic E-state index is 12.9. The summed E-state index contributed by atoms with van der Waals surface area (Å²) in [6, 6.07) is 9.79. The lowest BCUT2D eigenvalue weighted by Crippen LogP contribution is -2.39. The number of nitrogens with zero attached hydrogens (tertiary/aromatic N) is 5. The predicted molar refractivity (Wildman–Crippen MR) is 109 cm³/mol. The van der Waals surface area contributed by atoms with Crippen molar-refractivity contribution in [1.82, 2.24) is 24.5 Å². The Morgan fingerprint density at radius 1 is 1.29 bits per heavy atom. The predicted octanol–water partition coefficient (Wildman–Crippen LogP) is 3.65. The second kappa shape index (κ2) is 8.43. The second-order valence-electron chi connectivity index (χ2n) is 6.80. The molecule has 8 heteroatoms. The third-order valence-electron chi connectivity index (χ3n) is 4.94. The number of rotatable bonds is 5. The number of aromatic nitrogens is 4. The smallest absolute Gasteiger partial charge is 0.267 e. The molecule has 1 unspecified atom stereocenters. The van der Waals surface area contributed by atoms with Crippen LogP contribution in [0.1, 0.15) is 46.7 Å². The second-order valence-corrected chi connectivity index (χ2v) is 7.56. The molecule has 0 aromatic carbocycles. The van der Waals surface area contributed by atoms with Gasteiger partial charge in [-0.2, -0.15) is 0 Å². The molecule has 3 aromatic rings. The van der Waals surface area contributed by atoms with Crippen LogP contribution in [0.3, 0.4) is 0 Å². The molecule has 144 valence electrons. The first-order chi connectivity index (χ1) is 13.7. The topological polar surface area (TPSA) is 83.9 Å². The van der Waals surface area contributed by atoms with Crippen molar-refractivity contribution in [2.45, 2.75) is 32.1 Å². The molecule has 1 fully saturated rings. The lowest BCUT2D eigenvalue weighted by molar-refractivity contribution is 0.0709. The zero-order valence-corrected chi connectivity index (χ0v) is 16.5. The molecule has 0 radical (unpaired) electrons. The summed E-state index contributed by atoms with van der Waals surface area (Å²) in [6.07, 6.45) is 6.31. The number of aryl methyl sites for hydroxylation is 1. The van der Waals surface area contributed by atoms with E-state index in [4.69, 9.17) is 0 Å². The molecule has 4 heterocycles. The molecular formula is C20H22N6OS. The van der Waals surface area contributed by atoms with E-state index in [0.717, 1.165) is 48.7 Å². The average Bonchev–Trinajstić information content (AvgIpc) is 3.23. The van der Waals surface area contributed by atoms with Gasteiger partial charge in [0.1, 0.15) is 10.7 Å². The molecule has 3 aromatic heterocycles. The third kappa shape index (κ3) is 4.01. The van der Waals surface area contributed by atoms with E-state index in [9.17, 15) is 4.79 Å². The van der Waals surface area contributed by atoms with Crippen LogP contribution in [0.4, 0.5) is 11.5 Å². The van der Waals surface area contributed by atoms with E-state index < -0.39 is 0 Å². The molecule has 0 aliphatic carbocycles. The van der Waals surface area contributed by atoms with Gasteiger partial charge in [-0.3, -0.25) is 9.78 Å². The number of hydrogen-bond donors (Lipinski definition) is 1. The van der Waals surface area contributed by atoms with Crippen molar-refractivity contribution in [1.29, 1.82) is 0 Å². The van der Waals surface area contributed by atoms with Crippen LogP contribution in [0.25, 0.3) is 0 Å². The zero-order chi connectivity index (χ0) is 19.3. The first-order valence-corrected chi connectivity index (χ1v) is 10.3. The van der Waals surface area contributed by atoms with Gasteiger partial charge in [-0.05, 0) is 55.1 Å². The van der Waals surface area contributed by atoms with Crippen molar-refractivity contribution >= 4 is 28.9 Å². The number of hydrogen-bond acceptors (Lipinski definition) is 7. The van der Waals surface area contributed by atoms with Crippen LogP contribution >= 0.6 is 11.5 Å². The van der Waals surface area contributed by atoms with Crippen molar-refractivity contribution < 1.29 is 4.79 Å². The Morgan fingerprint density at radius 2 is 2.21 bits per heavy atom. The molecule has 0 bridgehead atoms. The van der Waals surface area contributed by atoms with Crippen LogP contribution in [0.2, 0.25) is 0 Å². The van der Waals surface area contributed by atoms with E-state index in [-0.39, 0.29) is 11.8 Å².